The molecule has 2 aliphatic rings. The fourth-order valence-electron chi connectivity index (χ4n) is 3.02. The van der Waals surface area contributed by atoms with Crippen molar-refractivity contribution in [3.05, 3.63) is 0 Å². The van der Waals surface area contributed by atoms with Gasteiger partial charge in [-0.15, -0.1) is 0 Å². The predicted octanol–water partition coefficient (Wildman–Crippen LogP) is 1.32. The maximum atomic E-state index is 12.7. The summed E-state index contributed by atoms with van der Waals surface area (Å²) < 4.78 is 5.11. The number of rotatable bonds is 7. The molecule has 5 nitrogen and oxygen atoms in total. The van der Waals surface area contributed by atoms with Crippen LogP contribution < -0.4 is 5.32 Å². The first-order chi connectivity index (χ1) is 9.60. The summed E-state index contributed by atoms with van der Waals surface area (Å²) in [5.74, 6) is 0.480. The van der Waals surface area contributed by atoms with Gasteiger partial charge in [-0.05, 0) is 38.5 Å². The van der Waals surface area contributed by atoms with Crippen molar-refractivity contribution in [2.24, 2.45) is 5.92 Å². The van der Waals surface area contributed by atoms with Gasteiger partial charge in [-0.25, -0.2) is 0 Å². The number of amides is 2. The fraction of sp³-hybridized carbons (Fsp3) is 0.867. The van der Waals surface area contributed by atoms with Crippen molar-refractivity contribution in [3.8, 4) is 0 Å². The van der Waals surface area contributed by atoms with Crippen molar-refractivity contribution in [1.29, 1.82) is 0 Å². The Balaban J connectivity index is 2.14. The predicted molar refractivity (Wildman–Crippen MR) is 76.2 cm³/mol. The number of hydrogen-bond acceptors (Lipinski definition) is 3. The van der Waals surface area contributed by atoms with Gasteiger partial charge < -0.3 is 15.0 Å². The number of hydrogen-bond donors (Lipinski definition) is 1. The van der Waals surface area contributed by atoms with Crippen molar-refractivity contribution in [1.82, 2.24) is 10.2 Å². The third-order valence-electron chi connectivity index (χ3n) is 4.30. The molecule has 0 aromatic heterocycles. The molecule has 1 N–H and O–H groups in total. The van der Waals surface area contributed by atoms with Crippen molar-refractivity contribution in [2.75, 3.05) is 13.7 Å². The van der Waals surface area contributed by atoms with Crippen LogP contribution in [0.5, 0.6) is 0 Å². The summed E-state index contributed by atoms with van der Waals surface area (Å²) >= 11 is 0. The van der Waals surface area contributed by atoms with Gasteiger partial charge in [0.2, 0.25) is 11.8 Å². The van der Waals surface area contributed by atoms with E-state index in [4.69, 9.17) is 4.74 Å². The summed E-state index contributed by atoms with van der Waals surface area (Å²) in [7, 11) is 1.66. The number of piperazine rings is 1. The van der Waals surface area contributed by atoms with Crippen molar-refractivity contribution in [2.45, 2.75) is 64.1 Å². The molecule has 3 unspecified atom stereocenters. The molecule has 2 fully saturated rings. The molecule has 0 radical (unpaired) electrons. The van der Waals surface area contributed by atoms with Gasteiger partial charge in [0, 0.05) is 19.8 Å². The van der Waals surface area contributed by atoms with Crippen LogP contribution in [0.2, 0.25) is 0 Å². The molecule has 5 heteroatoms. The summed E-state index contributed by atoms with van der Waals surface area (Å²) in [5, 5.41) is 2.92. The lowest BCUT2D eigenvalue weighted by Crippen LogP contribution is -2.66. The molecule has 1 saturated heterocycles. The SMILES string of the molecule is CCCC1NC(=O)C(C2CC2)N(C(C)CCOC)C1=O. The van der Waals surface area contributed by atoms with Gasteiger partial charge >= 0.3 is 0 Å². The molecule has 114 valence electrons. The van der Waals surface area contributed by atoms with Gasteiger partial charge in [-0.2, -0.15) is 0 Å². The van der Waals surface area contributed by atoms with Gasteiger partial charge in [-0.3, -0.25) is 9.59 Å². The highest BCUT2D eigenvalue weighted by atomic mass is 16.5. The minimum Gasteiger partial charge on any atom is -0.385 e. The van der Waals surface area contributed by atoms with Gasteiger partial charge in [-0.1, -0.05) is 13.3 Å². The largest absolute Gasteiger partial charge is 0.385 e. The zero-order valence-corrected chi connectivity index (χ0v) is 12.7. The van der Waals surface area contributed by atoms with Gasteiger partial charge in [0.25, 0.3) is 0 Å². The van der Waals surface area contributed by atoms with Crippen LogP contribution in [0, 0.1) is 5.92 Å². The van der Waals surface area contributed by atoms with Crippen LogP contribution in [0.3, 0.4) is 0 Å². The van der Waals surface area contributed by atoms with Crippen LogP contribution >= 0.6 is 0 Å². The van der Waals surface area contributed by atoms with Gasteiger partial charge in [0.1, 0.15) is 12.1 Å². The quantitative estimate of drug-likeness (QED) is 0.766. The number of nitrogens with one attached hydrogen (secondary N) is 1. The lowest BCUT2D eigenvalue weighted by atomic mass is 9.97. The molecule has 2 rings (SSSR count). The van der Waals surface area contributed by atoms with E-state index in [-0.39, 0.29) is 29.9 Å². The Morgan fingerprint density at radius 1 is 1.40 bits per heavy atom. The van der Waals surface area contributed by atoms with Crippen LogP contribution in [-0.2, 0) is 14.3 Å². The third-order valence-corrected chi connectivity index (χ3v) is 4.30. The molecule has 1 aliphatic carbocycles. The minimum absolute atomic E-state index is 0.0369. The van der Waals surface area contributed by atoms with E-state index in [1.807, 2.05) is 18.7 Å². The summed E-state index contributed by atoms with van der Waals surface area (Å²) in [6.07, 6.45) is 4.49. The molecule has 1 heterocycles. The zero-order chi connectivity index (χ0) is 14.7. The van der Waals surface area contributed by atoms with E-state index >= 15 is 0 Å². The molecular weight excluding hydrogens is 256 g/mol. The summed E-state index contributed by atoms with van der Waals surface area (Å²) in [5.41, 5.74) is 0. The monoisotopic (exact) mass is 282 g/mol. The molecule has 20 heavy (non-hydrogen) atoms. The van der Waals surface area contributed by atoms with Crippen LogP contribution in [0.15, 0.2) is 0 Å². The highest BCUT2D eigenvalue weighted by Gasteiger charge is 2.48. The standard InChI is InChI=1S/C15H26N2O3/c1-4-5-12-15(19)17(10(2)8-9-20-3)13(11-6-7-11)14(18)16-12/h10-13H,4-9H2,1-3H3,(H,16,18). The molecule has 0 aromatic carbocycles. The van der Waals surface area contributed by atoms with Crippen LogP contribution in [0.25, 0.3) is 0 Å². The Morgan fingerprint density at radius 2 is 2.10 bits per heavy atom. The zero-order valence-electron chi connectivity index (χ0n) is 12.7. The van der Waals surface area contributed by atoms with Crippen molar-refractivity contribution < 1.29 is 14.3 Å². The topological polar surface area (TPSA) is 58.6 Å². The average molecular weight is 282 g/mol. The highest BCUT2D eigenvalue weighted by molar-refractivity contribution is 5.97. The van der Waals surface area contributed by atoms with E-state index in [0.29, 0.717) is 12.5 Å². The van der Waals surface area contributed by atoms with E-state index in [2.05, 4.69) is 5.32 Å². The third kappa shape index (κ3) is 3.14. The second kappa shape index (κ2) is 6.57. The number of methoxy groups -OCH3 is 1. The Hall–Kier alpha value is -1.10. The number of ether oxygens (including phenoxy) is 1. The summed E-state index contributed by atoms with van der Waals surface area (Å²) in [4.78, 5) is 26.9. The van der Waals surface area contributed by atoms with Crippen molar-refractivity contribution >= 4 is 11.8 Å². The van der Waals surface area contributed by atoms with E-state index in [1.165, 1.54) is 0 Å². The van der Waals surface area contributed by atoms with E-state index < -0.39 is 0 Å². The highest BCUT2D eigenvalue weighted by Crippen LogP contribution is 2.38. The van der Waals surface area contributed by atoms with Crippen LogP contribution in [-0.4, -0.2) is 48.6 Å². The Kier molecular flexibility index (Phi) is 5.02. The normalized spacial score (nSPS) is 28.4. The van der Waals surface area contributed by atoms with Crippen molar-refractivity contribution in [3.63, 3.8) is 0 Å². The molecule has 0 bridgehead atoms. The number of carbonyl (C=O) groups is 2. The molecule has 2 amide bonds. The molecule has 3 atom stereocenters. The number of carbonyl (C=O) groups excluding carboxylic acids is 2. The summed E-state index contributed by atoms with van der Waals surface area (Å²) in [6, 6.07) is -0.548. The number of nitrogens with zero attached hydrogens (tertiary/aromatic N) is 1. The van der Waals surface area contributed by atoms with E-state index in [9.17, 15) is 9.59 Å². The molecule has 1 aliphatic heterocycles. The molecular formula is C15H26N2O3. The summed E-state index contributed by atoms with van der Waals surface area (Å²) in [6.45, 7) is 4.67. The minimum atomic E-state index is -0.340. The van der Waals surface area contributed by atoms with Crippen LogP contribution in [0.1, 0.15) is 46.0 Å². The first kappa shape index (κ1) is 15.3. The Labute approximate surface area is 121 Å². The van der Waals surface area contributed by atoms with Gasteiger partial charge in [0.15, 0.2) is 0 Å². The second-order valence-electron chi connectivity index (χ2n) is 6.01. The fourth-order valence-corrected chi connectivity index (χ4v) is 3.02. The molecule has 0 spiro atoms. The first-order valence-corrected chi connectivity index (χ1v) is 7.71. The first-order valence-electron chi connectivity index (χ1n) is 7.71. The Bertz CT molecular complexity index is 368. The Morgan fingerprint density at radius 3 is 2.65 bits per heavy atom. The van der Waals surface area contributed by atoms with E-state index in [0.717, 1.165) is 32.1 Å². The van der Waals surface area contributed by atoms with Crippen LogP contribution in [0.4, 0.5) is 0 Å². The second-order valence-corrected chi connectivity index (χ2v) is 6.01. The lowest BCUT2D eigenvalue weighted by Gasteiger charge is -2.42. The maximum Gasteiger partial charge on any atom is 0.246 e. The van der Waals surface area contributed by atoms with E-state index in [1.54, 1.807) is 7.11 Å². The maximum absolute atomic E-state index is 12.7. The lowest BCUT2D eigenvalue weighted by molar-refractivity contribution is -0.153. The average Bonchev–Trinajstić information content (AvgIpc) is 3.24. The smallest absolute Gasteiger partial charge is 0.246 e. The molecule has 1 saturated carbocycles. The van der Waals surface area contributed by atoms with Gasteiger partial charge in [0.05, 0.1) is 0 Å². The molecule has 0 aromatic rings.